The largest absolute Gasteiger partial charge is 0.507 e. The number of hydrogen-bond acceptors (Lipinski definition) is 4. The van der Waals surface area contributed by atoms with Gasteiger partial charge in [-0.2, -0.15) is 0 Å². The summed E-state index contributed by atoms with van der Waals surface area (Å²) in [4.78, 5) is 20.3. The van der Waals surface area contributed by atoms with E-state index in [-0.39, 0.29) is 17.8 Å². The summed E-state index contributed by atoms with van der Waals surface area (Å²) < 4.78 is 4.39. The molecule has 0 fully saturated rings. The van der Waals surface area contributed by atoms with E-state index in [0.29, 0.717) is 0 Å². The van der Waals surface area contributed by atoms with Gasteiger partial charge in [0.25, 0.3) is 6.47 Å². The Morgan fingerprint density at radius 3 is 2.62 bits per heavy atom. The van der Waals surface area contributed by atoms with Crippen LogP contribution in [0.3, 0.4) is 0 Å². The van der Waals surface area contributed by atoms with Crippen LogP contribution >= 0.6 is 0 Å². The van der Waals surface area contributed by atoms with Crippen molar-refractivity contribution in [1.29, 1.82) is 0 Å². The van der Waals surface area contributed by atoms with E-state index in [1.165, 1.54) is 6.07 Å². The molecule has 5 nitrogen and oxygen atoms in total. The highest BCUT2D eigenvalue weighted by molar-refractivity contribution is 5.90. The summed E-state index contributed by atoms with van der Waals surface area (Å²) in [6.45, 7) is 0.190. The van der Waals surface area contributed by atoms with Crippen molar-refractivity contribution in [2.24, 2.45) is 0 Å². The lowest BCUT2D eigenvalue weighted by atomic mass is 10.2. The Morgan fingerprint density at radius 1 is 1.46 bits per heavy atom. The minimum absolute atomic E-state index is 0.0949. The van der Waals surface area contributed by atoms with E-state index in [9.17, 15) is 9.59 Å². The molecule has 0 amide bonds. The third kappa shape index (κ3) is 1.96. The first-order chi connectivity index (χ1) is 6.15. The smallest absolute Gasteiger partial charge is 0.339 e. The molecule has 0 spiro atoms. The van der Waals surface area contributed by atoms with Crippen LogP contribution in [0.15, 0.2) is 18.2 Å². The molecule has 0 saturated carbocycles. The maximum Gasteiger partial charge on any atom is 0.339 e. The predicted molar refractivity (Wildman–Crippen MR) is 41.8 cm³/mol. The molecule has 5 heteroatoms. The number of rotatable bonds is 3. The van der Waals surface area contributed by atoms with E-state index in [2.05, 4.69) is 4.74 Å². The van der Waals surface area contributed by atoms with Gasteiger partial charge in [0.1, 0.15) is 17.1 Å². The monoisotopic (exact) mass is 182 g/mol. The third-order valence-corrected chi connectivity index (χ3v) is 1.38. The van der Waals surface area contributed by atoms with Crippen molar-refractivity contribution in [3.8, 4) is 11.5 Å². The second kappa shape index (κ2) is 3.57. The van der Waals surface area contributed by atoms with Crippen LogP contribution in [-0.4, -0.2) is 22.7 Å². The molecule has 0 aromatic heterocycles. The number of aromatic hydroxyl groups is 1. The molecule has 0 aliphatic heterocycles. The number of carbonyl (C=O) groups is 2. The quantitative estimate of drug-likeness (QED) is 0.669. The van der Waals surface area contributed by atoms with Crippen molar-refractivity contribution < 1.29 is 24.5 Å². The minimum atomic E-state index is -1.24. The van der Waals surface area contributed by atoms with E-state index < -0.39 is 11.7 Å². The normalized spacial score (nSPS) is 9.23. The first kappa shape index (κ1) is 9.05. The SMILES string of the molecule is O=COc1ccc(C(=O)O)c(O)c1. The van der Waals surface area contributed by atoms with E-state index in [4.69, 9.17) is 10.2 Å². The van der Waals surface area contributed by atoms with Crippen LogP contribution in [0.2, 0.25) is 0 Å². The van der Waals surface area contributed by atoms with Gasteiger partial charge >= 0.3 is 5.97 Å². The average Bonchev–Trinajstić information content (AvgIpc) is 2.04. The molecule has 0 unspecified atom stereocenters. The minimum Gasteiger partial charge on any atom is -0.507 e. The zero-order valence-corrected chi connectivity index (χ0v) is 6.43. The highest BCUT2D eigenvalue weighted by atomic mass is 16.5. The van der Waals surface area contributed by atoms with E-state index in [1.54, 1.807) is 0 Å². The molecule has 0 bridgehead atoms. The third-order valence-electron chi connectivity index (χ3n) is 1.38. The van der Waals surface area contributed by atoms with Crippen LogP contribution in [0, 0.1) is 0 Å². The number of aromatic carboxylic acids is 1. The number of carboxylic acid groups (broad SMARTS) is 1. The highest BCUT2D eigenvalue weighted by Gasteiger charge is 2.09. The summed E-state index contributed by atoms with van der Waals surface area (Å²) in [5.41, 5.74) is -0.238. The molecule has 2 N–H and O–H groups in total. The molecule has 13 heavy (non-hydrogen) atoms. The van der Waals surface area contributed by atoms with Crippen molar-refractivity contribution >= 4 is 12.4 Å². The topological polar surface area (TPSA) is 83.8 Å². The number of carbonyl (C=O) groups excluding carboxylic acids is 1. The van der Waals surface area contributed by atoms with Gasteiger partial charge < -0.3 is 14.9 Å². The van der Waals surface area contributed by atoms with Crippen LogP contribution in [0.5, 0.6) is 11.5 Å². The number of hydrogen-bond donors (Lipinski definition) is 2. The maximum absolute atomic E-state index is 10.4. The molecule has 0 atom stereocenters. The Bertz CT molecular complexity index is 344. The number of ether oxygens (including phenoxy) is 1. The zero-order chi connectivity index (χ0) is 9.84. The van der Waals surface area contributed by atoms with Crippen LogP contribution in [-0.2, 0) is 4.79 Å². The second-order valence-electron chi connectivity index (χ2n) is 2.20. The molecule has 0 saturated heterocycles. The van der Waals surface area contributed by atoms with E-state index in [1.807, 2.05) is 0 Å². The number of carboxylic acids is 1. The van der Waals surface area contributed by atoms with Gasteiger partial charge in [-0.15, -0.1) is 0 Å². The van der Waals surface area contributed by atoms with Crippen LogP contribution in [0.1, 0.15) is 10.4 Å². The Morgan fingerprint density at radius 2 is 2.15 bits per heavy atom. The molecule has 1 aromatic carbocycles. The Kier molecular flexibility index (Phi) is 2.49. The molecule has 0 radical (unpaired) electrons. The lowest BCUT2D eigenvalue weighted by molar-refractivity contribution is -0.120. The van der Waals surface area contributed by atoms with Gasteiger partial charge in [-0.1, -0.05) is 0 Å². The molecule has 1 rings (SSSR count). The predicted octanol–water partition coefficient (Wildman–Crippen LogP) is 0.626. The lowest BCUT2D eigenvalue weighted by Gasteiger charge is -2.01. The maximum atomic E-state index is 10.4. The van der Waals surface area contributed by atoms with Crippen molar-refractivity contribution in [3.63, 3.8) is 0 Å². The van der Waals surface area contributed by atoms with Gasteiger partial charge in [0, 0.05) is 6.07 Å². The summed E-state index contributed by atoms with van der Waals surface area (Å²) in [6, 6.07) is 3.48. The van der Waals surface area contributed by atoms with Gasteiger partial charge in [-0.25, -0.2) is 4.79 Å². The number of benzene rings is 1. The molecule has 1 aromatic rings. The summed E-state index contributed by atoms with van der Waals surface area (Å²) in [7, 11) is 0. The fourth-order valence-electron chi connectivity index (χ4n) is 0.821. The van der Waals surface area contributed by atoms with Gasteiger partial charge in [-0.05, 0) is 12.1 Å². The molecule has 0 aliphatic carbocycles. The summed E-state index contributed by atoms with van der Waals surface area (Å²) >= 11 is 0. The first-order valence-corrected chi connectivity index (χ1v) is 3.31. The fraction of sp³-hybridized carbons (Fsp3) is 0. The highest BCUT2D eigenvalue weighted by Crippen LogP contribution is 2.22. The van der Waals surface area contributed by atoms with Crippen LogP contribution < -0.4 is 4.74 Å². The molecular weight excluding hydrogens is 176 g/mol. The van der Waals surface area contributed by atoms with Gasteiger partial charge in [0.05, 0.1) is 0 Å². The van der Waals surface area contributed by atoms with E-state index in [0.717, 1.165) is 12.1 Å². The van der Waals surface area contributed by atoms with Crippen LogP contribution in [0.4, 0.5) is 0 Å². The van der Waals surface area contributed by atoms with Crippen LogP contribution in [0.25, 0.3) is 0 Å². The van der Waals surface area contributed by atoms with E-state index >= 15 is 0 Å². The molecule has 0 aliphatic rings. The Labute approximate surface area is 73.2 Å². The Hall–Kier alpha value is -2.04. The Balaban J connectivity index is 3.05. The standard InChI is InChI=1S/C8H6O5/c9-4-13-5-1-2-6(8(11)12)7(10)3-5/h1-4,10H,(H,11,12). The van der Waals surface area contributed by atoms with Gasteiger partial charge in [-0.3, -0.25) is 4.79 Å². The summed E-state index contributed by atoms with van der Waals surface area (Å²) in [5.74, 6) is -1.58. The average molecular weight is 182 g/mol. The molecule has 68 valence electrons. The van der Waals surface area contributed by atoms with Crippen molar-refractivity contribution in [2.45, 2.75) is 0 Å². The first-order valence-electron chi connectivity index (χ1n) is 3.31. The zero-order valence-electron chi connectivity index (χ0n) is 6.43. The van der Waals surface area contributed by atoms with Gasteiger partial charge in [0.15, 0.2) is 0 Å². The second-order valence-corrected chi connectivity index (χ2v) is 2.20. The van der Waals surface area contributed by atoms with Crippen molar-refractivity contribution in [2.75, 3.05) is 0 Å². The number of phenols is 1. The fourth-order valence-corrected chi connectivity index (χ4v) is 0.821. The lowest BCUT2D eigenvalue weighted by Crippen LogP contribution is -1.97. The summed E-state index contributed by atoms with van der Waals surface area (Å²) in [6.07, 6.45) is 0. The molecule has 0 heterocycles. The van der Waals surface area contributed by atoms with Gasteiger partial charge in [0.2, 0.25) is 0 Å². The summed E-state index contributed by atoms with van der Waals surface area (Å²) in [5, 5.41) is 17.6. The molecular formula is C8H6O5. The van der Waals surface area contributed by atoms with Crippen molar-refractivity contribution in [1.82, 2.24) is 0 Å². The van der Waals surface area contributed by atoms with Crippen molar-refractivity contribution in [3.05, 3.63) is 23.8 Å².